The summed E-state index contributed by atoms with van der Waals surface area (Å²) < 4.78 is 0. The average molecular weight is 223 g/mol. The van der Waals surface area contributed by atoms with Gasteiger partial charge in [-0.2, -0.15) is 5.10 Å². The molecule has 0 unspecified atom stereocenters. The summed E-state index contributed by atoms with van der Waals surface area (Å²) in [7, 11) is 0. The number of anilines is 1. The minimum atomic E-state index is 0.221. The lowest BCUT2D eigenvalue weighted by Crippen LogP contribution is -2.28. The van der Waals surface area contributed by atoms with Gasteiger partial charge in [-0.3, -0.25) is 0 Å². The maximum Gasteiger partial charge on any atom is 0.151 e. The number of oxime groups is 1. The fourth-order valence-electron chi connectivity index (χ4n) is 1.29. The van der Waals surface area contributed by atoms with Gasteiger partial charge >= 0.3 is 0 Å². The second kappa shape index (κ2) is 5.89. The van der Waals surface area contributed by atoms with E-state index < -0.39 is 0 Å². The highest BCUT2D eigenvalue weighted by Gasteiger charge is 2.06. The van der Waals surface area contributed by atoms with Gasteiger partial charge in [-0.25, -0.2) is 0 Å². The second-order valence-electron chi connectivity index (χ2n) is 3.45. The Hall–Kier alpha value is -1.85. The van der Waals surface area contributed by atoms with E-state index in [1.807, 2.05) is 30.9 Å². The third kappa shape index (κ3) is 3.38. The van der Waals surface area contributed by atoms with E-state index in [1.54, 1.807) is 0 Å². The molecular formula is C10H17N5O. The molecule has 6 nitrogen and oxygen atoms in total. The zero-order valence-electron chi connectivity index (χ0n) is 9.59. The molecule has 0 atom stereocenters. The monoisotopic (exact) mass is 223 g/mol. The van der Waals surface area contributed by atoms with Crippen molar-refractivity contribution >= 4 is 11.7 Å². The van der Waals surface area contributed by atoms with Crippen LogP contribution >= 0.6 is 0 Å². The third-order valence-electron chi connectivity index (χ3n) is 2.26. The van der Waals surface area contributed by atoms with Gasteiger partial charge in [0.25, 0.3) is 0 Å². The summed E-state index contributed by atoms with van der Waals surface area (Å²) in [5.74, 6) is 1.03. The molecule has 0 spiro atoms. The largest absolute Gasteiger partial charge is 0.409 e. The van der Waals surface area contributed by atoms with Crippen molar-refractivity contribution < 1.29 is 5.21 Å². The van der Waals surface area contributed by atoms with Crippen molar-refractivity contribution in [3.8, 4) is 0 Å². The van der Waals surface area contributed by atoms with Crippen LogP contribution in [0.5, 0.6) is 0 Å². The van der Waals surface area contributed by atoms with Gasteiger partial charge in [0.15, 0.2) is 5.82 Å². The number of amidine groups is 1. The predicted molar refractivity (Wildman–Crippen MR) is 62.7 cm³/mol. The first-order valence-corrected chi connectivity index (χ1v) is 5.19. The van der Waals surface area contributed by atoms with E-state index in [4.69, 9.17) is 10.9 Å². The quantitative estimate of drug-likeness (QED) is 0.333. The summed E-state index contributed by atoms with van der Waals surface area (Å²) in [5.41, 5.74) is 6.30. The average Bonchev–Trinajstić information content (AvgIpc) is 2.31. The van der Waals surface area contributed by atoms with E-state index in [0.717, 1.165) is 18.1 Å². The molecule has 1 rings (SSSR count). The Morgan fingerprint density at radius 3 is 2.75 bits per heavy atom. The van der Waals surface area contributed by atoms with Crippen LogP contribution < -0.4 is 10.6 Å². The van der Waals surface area contributed by atoms with Crippen molar-refractivity contribution in [2.75, 3.05) is 18.0 Å². The molecule has 0 amide bonds. The fourth-order valence-corrected chi connectivity index (χ4v) is 1.29. The maximum atomic E-state index is 8.44. The Labute approximate surface area is 94.8 Å². The van der Waals surface area contributed by atoms with Crippen LogP contribution in [0, 0.1) is 6.92 Å². The van der Waals surface area contributed by atoms with Crippen LogP contribution in [0.15, 0.2) is 17.3 Å². The zero-order chi connectivity index (χ0) is 12.0. The normalized spacial score (nSPS) is 11.5. The summed E-state index contributed by atoms with van der Waals surface area (Å²) in [6.45, 7) is 5.37. The maximum absolute atomic E-state index is 8.44. The van der Waals surface area contributed by atoms with Gasteiger partial charge in [-0.1, -0.05) is 5.16 Å². The Morgan fingerprint density at radius 1 is 1.50 bits per heavy atom. The van der Waals surface area contributed by atoms with Crippen molar-refractivity contribution in [2.24, 2.45) is 10.9 Å². The molecule has 3 N–H and O–H groups in total. The Kier molecular flexibility index (Phi) is 4.50. The molecular weight excluding hydrogens is 206 g/mol. The lowest BCUT2D eigenvalue weighted by molar-refractivity contribution is 0.317. The van der Waals surface area contributed by atoms with Crippen LogP contribution in [0.25, 0.3) is 0 Å². The minimum Gasteiger partial charge on any atom is -0.409 e. The number of aryl methyl sites for hydroxylation is 1. The first-order chi connectivity index (χ1) is 7.67. The summed E-state index contributed by atoms with van der Waals surface area (Å²) in [6.07, 6.45) is 0.500. The number of rotatable bonds is 5. The smallest absolute Gasteiger partial charge is 0.151 e. The molecule has 0 radical (unpaired) electrons. The molecule has 88 valence electrons. The highest BCUT2D eigenvalue weighted by Crippen LogP contribution is 2.09. The predicted octanol–water partition coefficient (Wildman–Crippen LogP) is 0.748. The third-order valence-corrected chi connectivity index (χ3v) is 2.26. The van der Waals surface area contributed by atoms with Gasteiger partial charge in [-0.15, -0.1) is 5.10 Å². The number of aromatic nitrogens is 2. The van der Waals surface area contributed by atoms with E-state index in [1.165, 1.54) is 0 Å². The van der Waals surface area contributed by atoms with E-state index in [0.29, 0.717) is 13.0 Å². The SMILES string of the molecule is CCN(CCC(N)=NO)c1ccc(C)nn1. The molecule has 1 aromatic heterocycles. The standard InChI is InChI=1S/C10H17N5O/c1-3-15(7-6-9(11)14-16)10-5-4-8(2)12-13-10/h4-5,16H,3,6-7H2,1-2H3,(H2,11,14). The van der Waals surface area contributed by atoms with Gasteiger partial charge in [0.1, 0.15) is 5.84 Å². The Morgan fingerprint density at radius 2 is 2.25 bits per heavy atom. The van der Waals surface area contributed by atoms with E-state index >= 15 is 0 Å². The van der Waals surface area contributed by atoms with Crippen LogP contribution in [-0.2, 0) is 0 Å². The highest BCUT2D eigenvalue weighted by atomic mass is 16.4. The van der Waals surface area contributed by atoms with E-state index in [2.05, 4.69) is 15.4 Å². The topological polar surface area (TPSA) is 87.6 Å². The molecule has 6 heteroatoms. The van der Waals surface area contributed by atoms with E-state index in [9.17, 15) is 0 Å². The van der Waals surface area contributed by atoms with Gasteiger partial charge < -0.3 is 15.8 Å². The second-order valence-corrected chi connectivity index (χ2v) is 3.45. The van der Waals surface area contributed by atoms with Gasteiger partial charge in [0.05, 0.1) is 5.69 Å². The van der Waals surface area contributed by atoms with Gasteiger partial charge in [-0.05, 0) is 26.0 Å². The molecule has 0 aromatic carbocycles. The van der Waals surface area contributed by atoms with Crippen LogP contribution in [-0.4, -0.2) is 34.3 Å². The van der Waals surface area contributed by atoms with Crippen molar-refractivity contribution in [2.45, 2.75) is 20.3 Å². The molecule has 0 saturated carbocycles. The number of hydrogen-bond donors (Lipinski definition) is 2. The van der Waals surface area contributed by atoms with Crippen molar-refractivity contribution in [3.63, 3.8) is 0 Å². The van der Waals surface area contributed by atoms with Crippen molar-refractivity contribution in [1.29, 1.82) is 0 Å². The summed E-state index contributed by atoms with van der Waals surface area (Å²) in [5, 5.41) is 19.5. The van der Waals surface area contributed by atoms with Crippen LogP contribution in [0.4, 0.5) is 5.82 Å². The molecule has 1 heterocycles. The molecule has 0 saturated heterocycles. The first-order valence-electron chi connectivity index (χ1n) is 5.19. The van der Waals surface area contributed by atoms with E-state index in [-0.39, 0.29) is 5.84 Å². The number of hydrogen-bond acceptors (Lipinski definition) is 5. The molecule has 0 aliphatic rings. The van der Waals surface area contributed by atoms with Crippen LogP contribution in [0.1, 0.15) is 19.0 Å². The minimum absolute atomic E-state index is 0.221. The molecule has 0 bridgehead atoms. The molecule has 0 aliphatic carbocycles. The van der Waals surface area contributed by atoms with Crippen LogP contribution in [0.3, 0.4) is 0 Å². The zero-order valence-corrected chi connectivity index (χ0v) is 9.59. The molecule has 0 fully saturated rings. The first kappa shape index (κ1) is 12.2. The summed E-state index contributed by atoms with van der Waals surface area (Å²) >= 11 is 0. The van der Waals surface area contributed by atoms with Gasteiger partial charge in [0.2, 0.25) is 0 Å². The fraction of sp³-hybridized carbons (Fsp3) is 0.500. The number of nitrogens with two attached hydrogens (primary N) is 1. The summed E-state index contributed by atoms with van der Waals surface area (Å²) in [6, 6.07) is 3.83. The van der Waals surface area contributed by atoms with Crippen molar-refractivity contribution in [3.05, 3.63) is 17.8 Å². The Balaban J connectivity index is 2.64. The molecule has 1 aromatic rings. The molecule has 16 heavy (non-hydrogen) atoms. The van der Waals surface area contributed by atoms with Gasteiger partial charge in [0, 0.05) is 19.5 Å². The number of nitrogens with zero attached hydrogens (tertiary/aromatic N) is 4. The summed E-state index contributed by atoms with van der Waals surface area (Å²) in [4.78, 5) is 2.02. The van der Waals surface area contributed by atoms with Crippen molar-refractivity contribution in [1.82, 2.24) is 10.2 Å². The van der Waals surface area contributed by atoms with Crippen LogP contribution in [0.2, 0.25) is 0 Å². The lowest BCUT2D eigenvalue weighted by Gasteiger charge is -2.20. The highest BCUT2D eigenvalue weighted by molar-refractivity contribution is 5.80. The Bertz CT molecular complexity index is 349. The molecule has 0 aliphatic heterocycles. The lowest BCUT2D eigenvalue weighted by atomic mass is 10.3.